The van der Waals surface area contributed by atoms with Crippen molar-refractivity contribution in [1.82, 2.24) is 0 Å². The summed E-state index contributed by atoms with van der Waals surface area (Å²) in [4.78, 5) is 1.25. The smallest absolute Gasteiger partial charge is 0.0440 e. The molecule has 1 aromatic rings. The van der Waals surface area contributed by atoms with Crippen LogP contribution in [0.4, 0.5) is 0 Å². The summed E-state index contributed by atoms with van der Waals surface area (Å²) in [5.41, 5.74) is 6.81. The van der Waals surface area contributed by atoms with E-state index < -0.39 is 0 Å². The van der Waals surface area contributed by atoms with Crippen LogP contribution in [0, 0.1) is 0 Å². The van der Waals surface area contributed by atoms with Gasteiger partial charge in [0.1, 0.15) is 0 Å². The van der Waals surface area contributed by atoms with E-state index in [4.69, 9.17) is 5.73 Å². The molecule has 0 unspecified atom stereocenters. The average molecular weight is 181 g/mol. The van der Waals surface area contributed by atoms with Crippen LogP contribution in [-0.4, -0.2) is 5.88 Å². The molecule has 0 atom stereocenters. The van der Waals surface area contributed by atoms with Crippen molar-refractivity contribution < 1.29 is 0 Å². The highest BCUT2D eigenvalue weighted by molar-refractivity contribution is 7.99. The summed E-state index contributed by atoms with van der Waals surface area (Å²) in [6.07, 6.45) is 0. The molecular weight excluding hydrogens is 166 g/mol. The second kappa shape index (κ2) is 4.53. The molecule has 0 spiro atoms. The predicted molar refractivity (Wildman–Crippen MR) is 55.4 cm³/mol. The minimum absolute atomic E-state index is 0.613. The number of hydrogen-bond donors (Lipinski definition) is 1. The van der Waals surface area contributed by atoms with Crippen molar-refractivity contribution in [3.63, 3.8) is 0 Å². The third-order valence-corrected chi connectivity index (χ3v) is 2.57. The van der Waals surface area contributed by atoms with Gasteiger partial charge in [-0.1, -0.05) is 26.0 Å². The molecule has 0 aliphatic heterocycles. The molecule has 0 aliphatic carbocycles. The minimum atomic E-state index is 0.613. The molecule has 0 saturated carbocycles. The van der Waals surface area contributed by atoms with E-state index in [-0.39, 0.29) is 0 Å². The molecule has 0 fully saturated rings. The average Bonchev–Trinajstić information content (AvgIpc) is 2.06. The van der Waals surface area contributed by atoms with Crippen LogP contribution in [0.25, 0.3) is 0 Å². The fraction of sp³-hybridized carbons (Fsp3) is 0.400. The summed E-state index contributed by atoms with van der Waals surface area (Å²) in [6.45, 7) is 4.40. The normalized spacial score (nSPS) is 10.7. The van der Waals surface area contributed by atoms with Crippen molar-refractivity contribution in [2.75, 3.05) is 5.88 Å². The lowest BCUT2D eigenvalue weighted by Crippen LogP contribution is -1.92. The van der Waals surface area contributed by atoms with E-state index in [0.29, 0.717) is 11.8 Å². The maximum absolute atomic E-state index is 5.42. The van der Waals surface area contributed by atoms with Crippen molar-refractivity contribution in [3.8, 4) is 0 Å². The Morgan fingerprint density at radius 2 is 1.83 bits per heavy atom. The van der Waals surface area contributed by atoms with E-state index in [1.807, 2.05) is 0 Å². The molecule has 0 bridgehead atoms. The quantitative estimate of drug-likeness (QED) is 0.573. The Labute approximate surface area is 78.4 Å². The van der Waals surface area contributed by atoms with Crippen LogP contribution in [0.5, 0.6) is 0 Å². The molecule has 12 heavy (non-hydrogen) atoms. The molecule has 0 heterocycles. The zero-order valence-electron chi connectivity index (χ0n) is 7.58. The van der Waals surface area contributed by atoms with Crippen LogP contribution in [0.15, 0.2) is 29.2 Å². The van der Waals surface area contributed by atoms with E-state index in [1.165, 1.54) is 10.5 Å². The summed E-state index contributed by atoms with van der Waals surface area (Å²) in [5.74, 6) is 1.27. The molecule has 1 rings (SSSR count). The highest BCUT2D eigenvalue weighted by Gasteiger charge is 1.97. The lowest BCUT2D eigenvalue weighted by Gasteiger charge is -2.05. The Morgan fingerprint density at radius 3 is 2.25 bits per heavy atom. The summed E-state index contributed by atoms with van der Waals surface area (Å²) in [5, 5.41) is 0. The Kier molecular flexibility index (Phi) is 3.63. The standard InChI is InChI=1S/C10H15NS/c1-8(2)9-3-5-10(6-4-9)12-7-11/h3-6,8H,7,11H2,1-2H3. The molecule has 1 aromatic carbocycles. The third kappa shape index (κ3) is 2.54. The Hall–Kier alpha value is -0.470. The largest absolute Gasteiger partial charge is 0.322 e. The first kappa shape index (κ1) is 9.62. The Bertz CT molecular complexity index is 228. The third-order valence-electron chi connectivity index (χ3n) is 1.80. The summed E-state index contributed by atoms with van der Waals surface area (Å²) >= 11 is 1.67. The molecule has 2 heteroatoms. The SMILES string of the molecule is CC(C)c1ccc(SCN)cc1. The van der Waals surface area contributed by atoms with Crippen LogP contribution in [-0.2, 0) is 0 Å². The van der Waals surface area contributed by atoms with Gasteiger partial charge in [0.2, 0.25) is 0 Å². The van der Waals surface area contributed by atoms with E-state index >= 15 is 0 Å². The van der Waals surface area contributed by atoms with Crippen LogP contribution in [0.2, 0.25) is 0 Å². The van der Waals surface area contributed by atoms with Crippen LogP contribution in [0.1, 0.15) is 25.3 Å². The van der Waals surface area contributed by atoms with Gasteiger partial charge in [-0.15, -0.1) is 11.8 Å². The monoisotopic (exact) mass is 181 g/mol. The second-order valence-electron chi connectivity index (χ2n) is 3.03. The first-order valence-electron chi connectivity index (χ1n) is 4.17. The number of thioether (sulfide) groups is 1. The molecule has 2 N–H and O–H groups in total. The predicted octanol–water partition coefficient (Wildman–Crippen LogP) is 2.82. The first-order valence-corrected chi connectivity index (χ1v) is 5.15. The van der Waals surface area contributed by atoms with Gasteiger partial charge in [-0.2, -0.15) is 0 Å². The van der Waals surface area contributed by atoms with Crippen molar-refractivity contribution in [2.45, 2.75) is 24.7 Å². The van der Waals surface area contributed by atoms with Gasteiger partial charge in [-0.3, -0.25) is 0 Å². The Morgan fingerprint density at radius 1 is 1.25 bits per heavy atom. The number of rotatable bonds is 3. The first-order chi connectivity index (χ1) is 5.74. The summed E-state index contributed by atoms with van der Waals surface area (Å²) in [7, 11) is 0. The van der Waals surface area contributed by atoms with Crippen molar-refractivity contribution in [2.24, 2.45) is 5.73 Å². The highest BCUT2D eigenvalue weighted by Crippen LogP contribution is 2.20. The van der Waals surface area contributed by atoms with Gasteiger partial charge in [-0.05, 0) is 23.6 Å². The molecule has 0 aromatic heterocycles. The van der Waals surface area contributed by atoms with Gasteiger partial charge in [0.05, 0.1) is 0 Å². The van der Waals surface area contributed by atoms with Gasteiger partial charge in [-0.25, -0.2) is 0 Å². The van der Waals surface area contributed by atoms with E-state index in [2.05, 4.69) is 38.1 Å². The minimum Gasteiger partial charge on any atom is -0.322 e. The van der Waals surface area contributed by atoms with Crippen molar-refractivity contribution >= 4 is 11.8 Å². The highest BCUT2D eigenvalue weighted by atomic mass is 32.2. The summed E-state index contributed by atoms with van der Waals surface area (Å²) in [6, 6.07) is 8.60. The van der Waals surface area contributed by atoms with Gasteiger partial charge < -0.3 is 5.73 Å². The lowest BCUT2D eigenvalue weighted by molar-refractivity contribution is 0.865. The molecule has 0 aliphatic rings. The number of hydrogen-bond acceptors (Lipinski definition) is 2. The van der Waals surface area contributed by atoms with Crippen LogP contribution >= 0.6 is 11.8 Å². The zero-order valence-corrected chi connectivity index (χ0v) is 8.40. The van der Waals surface area contributed by atoms with E-state index in [1.54, 1.807) is 11.8 Å². The van der Waals surface area contributed by atoms with Crippen LogP contribution < -0.4 is 5.73 Å². The molecule has 0 radical (unpaired) electrons. The lowest BCUT2D eigenvalue weighted by atomic mass is 10.0. The fourth-order valence-electron chi connectivity index (χ4n) is 1.05. The van der Waals surface area contributed by atoms with Gasteiger partial charge >= 0.3 is 0 Å². The number of benzene rings is 1. The molecule has 66 valence electrons. The van der Waals surface area contributed by atoms with E-state index in [0.717, 1.165) is 0 Å². The molecule has 1 nitrogen and oxygen atoms in total. The van der Waals surface area contributed by atoms with Gasteiger partial charge in [0, 0.05) is 10.8 Å². The van der Waals surface area contributed by atoms with Gasteiger partial charge in [0.25, 0.3) is 0 Å². The molecular formula is C10H15NS. The fourth-order valence-corrected chi connectivity index (χ4v) is 1.57. The maximum atomic E-state index is 5.42. The van der Waals surface area contributed by atoms with Crippen molar-refractivity contribution in [3.05, 3.63) is 29.8 Å². The summed E-state index contributed by atoms with van der Waals surface area (Å²) < 4.78 is 0. The Balaban J connectivity index is 2.71. The molecule has 0 amide bonds. The van der Waals surface area contributed by atoms with Crippen molar-refractivity contribution in [1.29, 1.82) is 0 Å². The zero-order chi connectivity index (χ0) is 8.97. The van der Waals surface area contributed by atoms with Gasteiger partial charge in [0.15, 0.2) is 0 Å². The number of nitrogens with two attached hydrogens (primary N) is 1. The van der Waals surface area contributed by atoms with E-state index in [9.17, 15) is 0 Å². The maximum Gasteiger partial charge on any atom is 0.0440 e. The van der Waals surface area contributed by atoms with Crippen LogP contribution in [0.3, 0.4) is 0 Å². The topological polar surface area (TPSA) is 26.0 Å². The second-order valence-corrected chi connectivity index (χ2v) is 4.13. The molecule has 0 saturated heterocycles.